The Morgan fingerprint density at radius 3 is 2.67 bits per heavy atom. The van der Waals surface area contributed by atoms with Crippen molar-refractivity contribution in [3.05, 3.63) is 65.7 Å². The second-order valence-corrected chi connectivity index (χ2v) is 11.3. The molecule has 3 aliphatic heterocycles. The number of halogens is 1. The normalized spacial score (nSPS) is 19.1. The Morgan fingerprint density at radius 1 is 1.02 bits per heavy atom. The Balaban J connectivity index is 1.37. The summed E-state index contributed by atoms with van der Waals surface area (Å²) in [6.07, 6.45) is 10.9. The van der Waals surface area contributed by atoms with Crippen molar-refractivity contribution in [3.63, 3.8) is 0 Å². The lowest BCUT2D eigenvalue weighted by atomic mass is 9.95. The van der Waals surface area contributed by atoms with Crippen LogP contribution in [0.15, 0.2) is 48.7 Å². The molecule has 0 saturated carbocycles. The fourth-order valence-electron chi connectivity index (χ4n) is 7.02. The predicted molar refractivity (Wildman–Crippen MR) is 156 cm³/mol. The zero-order valence-corrected chi connectivity index (χ0v) is 23.1. The third-order valence-corrected chi connectivity index (χ3v) is 9.04. The number of nitrogens with zero attached hydrogens (tertiary/aromatic N) is 4. The zero-order valence-electron chi connectivity index (χ0n) is 23.1. The number of benzene rings is 2. The molecule has 7 heteroatoms. The van der Waals surface area contributed by atoms with Gasteiger partial charge in [0.05, 0.1) is 24.4 Å². The van der Waals surface area contributed by atoms with E-state index >= 15 is 4.39 Å². The van der Waals surface area contributed by atoms with Gasteiger partial charge in [-0.1, -0.05) is 49.4 Å². The van der Waals surface area contributed by atoms with Gasteiger partial charge in [0, 0.05) is 17.1 Å². The summed E-state index contributed by atoms with van der Waals surface area (Å²) in [6, 6.07) is 12.5. The molecular weight excluding hydrogens is 503 g/mol. The molecule has 0 amide bonds. The molecule has 7 rings (SSSR count). The number of aromatic nitrogens is 3. The maximum Gasteiger partial charge on any atom is 0.317 e. The van der Waals surface area contributed by atoms with E-state index in [1.807, 2.05) is 12.1 Å². The van der Waals surface area contributed by atoms with Gasteiger partial charge in [0.2, 0.25) is 0 Å². The molecule has 3 aliphatic rings. The van der Waals surface area contributed by atoms with Crippen LogP contribution in [0.4, 0.5) is 4.39 Å². The molecule has 206 valence electrons. The molecule has 0 radical (unpaired) electrons. The number of rotatable bonds is 6. The lowest BCUT2D eigenvalue weighted by Gasteiger charge is -2.31. The van der Waals surface area contributed by atoms with Gasteiger partial charge in [-0.25, -0.2) is 4.39 Å². The molecule has 0 spiro atoms. The van der Waals surface area contributed by atoms with E-state index in [-0.39, 0.29) is 17.1 Å². The quantitative estimate of drug-likeness (QED) is 0.271. The third-order valence-electron chi connectivity index (χ3n) is 9.04. The maximum atomic E-state index is 16.6. The van der Waals surface area contributed by atoms with Crippen molar-refractivity contribution >= 4 is 27.2 Å². The minimum Gasteiger partial charge on any atom is -0.461 e. The maximum absolute atomic E-state index is 16.6. The van der Waals surface area contributed by atoms with E-state index in [1.165, 1.54) is 18.4 Å². The van der Waals surface area contributed by atoms with Gasteiger partial charge in [-0.15, -0.1) is 0 Å². The summed E-state index contributed by atoms with van der Waals surface area (Å²) in [5, 5.41) is 2.72. The van der Waals surface area contributed by atoms with Gasteiger partial charge in [0.25, 0.3) is 0 Å². The highest BCUT2D eigenvalue weighted by molar-refractivity contribution is 6.00. The Bertz CT molecular complexity index is 1600. The van der Waals surface area contributed by atoms with E-state index in [1.54, 1.807) is 6.20 Å². The number of fused-ring (bicyclic) bond motifs is 3. The lowest BCUT2D eigenvalue weighted by molar-refractivity contribution is 0.107. The molecule has 0 atom stereocenters. The van der Waals surface area contributed by atoms with E-state index in [9.17, 15) is 0 Å². The number of hydrogen-bond donors (Lipinski definition) is 0. The van der Waals surface area contributed by atoms with Crippen molar-refractivity contribution in [1.29, 1.82) is 0 Å². The Kier molecular flexibility index (Phi) is 6.72. The number of aryl methyl sites for hydroxylation is 1. The summed E-state index contributed by atoms with van der Waals surface area (Å²) in [6.45, 7) is 6.17. The van der Waals surface area contributed by atoms with Gasteiger partial charge >= 0.3 is 6.01 Å². The topological polar surface area (TPSA) is 60.4 Å². The summed E-state index contributed by atoms with van der Waals surface area (Å²) < 4.78 is 28.7. The second kappa shape index (κ2) is 10.5. The molecule has 6 nitrogen and oxygen atoms in total. The molecule has 2 saturated heterocycles. The van der Waals surface area contributed by atoms with Crippen molar-refractivity contribution in [2.75, 3.05) is 32.9 Å². The minimum absolute atomic E-state index is 0.0510. The second-order valence-electron chi connectivity index (χ2n) is 11.3. The first kappa shape index (κ1) is 25.5. The lowest BCUT2D eigenvalue weighted by Crippen LogP contribution is -2.43. The molecule has 0 bridgehead atoms. The smallest absolute Gasteiger partial charge is 0.317 e. The average Bonchev–Trinajstić information content (AvgIpc) is 3.45. The van der Waals surface area contributed by atoms with Crippen LogP contribution in [0, 0.1) is 5.82 Å². The summed E-state index contributed by atoms with van der Waals surface area (Å²) in [5.41, 5.74) is 4.30. The summed E-state index contributed by atoms with van der Waals surface area (Å²) in [5.74, 6) is -0.434. The summed E-state index contributed by atoms with van der Waals surface area (Å²) in [4.78, 5) is 16.8. The van der Waals surface area contributed by atoms with Crippen LogP contribution < -0.4 is 4.74 Å². The van der Waals surface area contributed by atoms with Crippen molar-refractivity contribution in [2.24, 2.45) is 0 Å². The monoisotopic (exact) mass is 538 g/mol. The fraction of sp³-hybridized carbons (Fsp3) is 0.424. The highest BCUT2D eigenvalue weighted by Crippen LogP contribution is 2.40. The van der Waals surface area contributed by atoms with E-state index < -0.39 is 5.82 Å². The van der Waals surface area contributed by atoms with E-state index in [0.717, 1.165) is 60.7 Å². The zero-order chi connectivity index (χ0) is 27.1. The molecule has 0 N–H and O–H groups in total. The molecule has 4 aromatic rings. The van der Waals surface area contributed by atoms with E-state index in [2.05, 4.69) is 42.2 Å². The summed E-state index contributed by atoms with van der Waals surface area (Å²) >= 11 is 0. The Labute approximate surface area is 234 Å². The van der Waals surface area contributed by atoms with Crippen LogP contribution in [-0.2, 0) is 11.2 Å². The van der Waals surface area contributed by atoms with Gasteiger partial charge in [-0.2, -0.15) is 9.97 Å². The molecule has 0 unspecified atom stereocenters. The molecular formula is C33H35FN4O2. The minimum atomic E-state index is -0.434. The number of ether oxygens (including phenoxy) is 2. The van der Waals surface area contributed by atoms with Crippen LogP contribution in [0.2, 0.25) is 0 Å². The Hall–Kier alpha value is -3.42. The van der Waals surface area contributed by atoms with Crippen LogP contribution in [0.25, 0.3) is 38.5 Å². The van der Waals surface area contributed by atoms with Crippen molar-refractivity contribution in [3.8, 4) is 17.3 Å². The SMILES string of the molecule is CCc1cccc2cccc(-c3ncc4c(C5=CCCOCC5)nc(OCC56CCCN5CCC6)nc4c3F)c12. The van der Waals surface area contributed by atoms with Crippen LogP contribution in [-0.4, -0.2) is 58.3 Å². The van der Waals surface area contributed by atoms with Gasteiger partial charge < -0.3 is 9.47 Å². The first-order valence-corrected chi connectivity index (χ1v) is 14.7. The van der Waals surface area contributed by atoms with Gasteiger partial charge in [-0.05, 0) is 79.9 Å². The van der Waals surface area contributed by atoms with Crippen LogP contribution in [0.3, 0.4) is 0 Å². The standard InChI is InChI=1S/C33H35FN4O2/c1-2-22-8-3-9-23-10-4-12-25(27(22)23)30-28(34)31-26(20-35-30)29(24-11-5-18-39-19-13-24)36-32(37-31)40-21-33-14-6-16-38(33)17-7-15-33/h3-4,8-12,20H,2,5-7,13-19,21H2,1H3. The van der Waals surface area contributed by atoms with Gasteiger partial charge in [0.1, 0.15) is 17.8 Å². The van der Waals surface area contributed by atoms with Crippen LogP contribution >= 0.6 is 0 Å². The van der Waals surface area contributed by atoms with Gasteiger partial charge in [0.15, 0.2) is 5.82 Å². The van der Waals surface area contributed by atoms with E-state index in [4.69, 9.17) is 24.4 Å². The Morgan fingerprint density at radius 2 is 1.85 bits per heavy atom. The molecule has 2 fully saturated rings. The average molecular weight is 539 g/mol. The molecule has 5 heterocycles. The molecule has 2 aromatic carbocycles. The van der Waals surface area contributed by atoms with Crippen LogP contribution in [0.1, 0.15) is 56.7 Å². The van der Waals surface area contributed by atoms with E-state index in [0.29, 0.717) is 43.0 Å². The highest BCUT2D eigenvalue weighted by atomic mass is 19.1. The molecule has 2 aromatic heterocycles. The number of pyridine rings is 1. The first-order valence-electron chi connectivity index (χ1n) is 14.7. The van der Waals surface area contributed by atoms with Gasteiger partial charge in [-0.3, -0.25) is 9.88 Å². The largest absolute Gasteiger partial charge is 0.461 e. The predicted octanol–water partition coefficient (Wildman–Crippen LogP) is 6.75. The third kappa shape index (κ3) is 4.36. The van der Waals surface area contributed by atoms with Crippen molar-refractivity contribution in [2.45, 2.75) is 57.4 Å². The summed E-state index contributed by atoms with van der Waals surface area (Å²) in [7, 11) is 0. The van der Waals surface area contributed by atoms with Crippen LogP contribution in [0.5, 0.6) is 6.01 Å². The molecule has 40 heavy (non-hydrogen) atoms. The fourth-order valence-corrected chi connectivity index (χ4v) is 7.02. The van der Waals surface area contributed by atoms with Crippen molar-refractivity contribution in [1.82, 2.24) is 19.9 Å². The van der Waals surface area contributed by atoms with Crippen molar-refractivity contribution < 1.29 is 13.9 Å². The highest BCUT2D eigenvalue weighted by Gasteiger charge is 2.45. The first-order chi connectivity index (χ1) is 19.7. The molecule has 0 aliphatic carbocycles. The number of hydrogen-bond acceptors (Lipinski definition) is 6.